The molecule has 0 radical (unpaired) electrons. The van der Waals surface area contributed by atoms with Crippen molar-refractivity contribution in [3.05, 3.63) is 161 Å². The Bertz CT molecular complexity index is 3670. The summed E-state index contributed by atoms with van der Waals surface area (Å²) in [6, 6.07) is 34.0. The van der Waals surface area contributed by atoms with Gasteiger partial charge < -0.3 is 54.8 Å². The summed E-state index contributed by atoms with van der Waals surface area (Å²) in [5.41, 5.74) is -0.173. The van der Waals surface area contributed by atoms with E-state index in [1.165, 1.54) is 21.8 Å². The normalized spacial score (nSPS) is 21.1. The molecule has 84 heavy (non-hydrogen) atoms. The number of fused-ring (bicyclic) bond motifs is 2. The number of alkyl halides is 2. The molecule has 2 amide bonds. The van der Waals surface area contributed by atoms with Gasteiger partial charge in [-0.05, 0) is 53.1 Å². The smallest absolute Gasteiger partial charge is 0.372 e. The Hall–Kier alpha value is -7.73. The van der Waals surface area contributed by atoms with E-state index < -0.39 is 107 Å². The number of rotatable bonds is 24. The molecule has 8 aromatic rings. The summed E-state index contributed by atoms with van der Waals surface area (Å²) in [7, 11) is -2.59. The molecule has 2 unspecified atom stereocenters. The molecule has 3 N–H and O–H groups in total. The SMILES string of the molecule is COc1ccc(C(OC[C@H]2O[C@@H](n3cnc4c(=O)[nH]c(NC(=O)C(C)C)nc43)[C@H](OP(OCCC#N)OC[C@H]3O[C@@H](n4cnc5c(NC(=O)c6ccccc6)ncnc54)[C@@H](F)[C@@H]3O[P+](=O)[S-])[C@@H]2F)(c2ccccc2)c2ccc(OC)cc2)cc1. The van der Waals surface area contributed by atoms with E-state index in [-0.39, 0.29) is 47.1 Å². The summed E-state index contributed by atoms with van der Waals surface area (Å²) in [5.74, 6) is -0.558. The van der Waals surface area contributed by atoms with Crippen LogP contribution in [0.2, 0.25) is 0 Å². The summed E-state index contributed by atoms with van der Waals surface area (Å²) < 4.78 is 105. The van der Waals surface area contributed by atoms with E-state index in [0.29, 0.717) is 33.8 Å². The zero-order valence-electron chi connectivity index (χ0n) is 45.1. The summed E-state index contributed by atoms with van der Waals surface area (Å²) >= 11 is 4.88. The molecule has 2 saturated heterocycles. The van der Waals surface area contributed by atoms with Crippen LogP contribution in [-0.2, 0) is 59.5 Å². The van der Waals surface area contributed by atoms with Crippen molar-refractivity contribution in [1.29, 1.82) is 5.26 Å². The second kappa shape index (κ2) is 26.5. The number of anilines is 2. The lowest BCUT2D eigenvalue weighted by Crippen LogP contribution is -2.38. The molecule has 6 heterocycles. The number of nitrogens with one attached hydrogen (secondary N) is 3. The van der Waals surface area contributed by atoms with Gasteiger partial charge >= 0.3 is 15.8 Å². The molecule has 0 bridgehead atoms. The predicted octanol–water partition coefficient (Wildman–Crippen LogP) is 8.45. The monoisotopic (exact) mass is 1210 g/mol. The lowest BCUT2D eigenvalue weighted by atomic mass is 9.80. The van der Waals surface area contributed by atoms with Gasteiger partial charge in [0.25, 0.3) is 11.5 Å². The largest absolute Gasteiger partial charge is 0.497 e. The number of carbonyl (C=O) groups excluding carboxylic acids is 2. The average Bonchev–Trinajstić information content (AvgIpc) is 1.87. The number of aromatic nitrogens is 8. The van der Waals surface area contributed by atoms with Gasteiger partial charge in [-0.1, -0.05) is 91.2 Å². The highest BCUT2D eigenvalue weighted by atomic mass is 32.7. The molecule has 24 nitrogen and oxygen atoms in total. The lowest BCUT2D eigenvalue weighted by molar-refractivity contribution is -0.118. The maximum atomic E-state index is 18.1. The number of imidazole rings is 2. The summed E-state index contributed by atoms with van der Waals surface area (Å²) in [6.45, 7) is 1.88. The Balaban J connectivity index is 0.981. The Labute approximate surface area is 485 Å². The van der Waals surface area contributed by atoms with Gasteiger partial charge in [0.2, 0.25) is 11.9 Å². The molecule has 10 atom stereocenters. The fourth-order valence-corrected chi connectivity index (χ4v) is 11.4. The number of benzene rings is 4. The highest BCUT2D eigenvalue weighted by Crippen LogP contribution is 2.50. The molecular weight excluding hydrogens is 1150 g/mol. The van der Waals surface area contributed by atoms with Crippen LogP contribution in [0.3, 0.4) is 0 Å². The minimum Gasteiger partial charge on any atom is -0.497 e. The van der Waals surface area contributed by atoms with Crippen LogP contribution in [0.4, 0.5) is 20.5 Å². The summed E-state index contributed by atoms with van der Waals surface area (Å²) in [4.78, 5) is 63.6. The number of ether oxygens (including phenoxy) is 5. The fraction of sp³-hybridized carbons (Fsp3) is 0.327. The third-order valence-corrected chi connectivity index (χ3v) is 15.6. The van der Waals surface area contributed by atoms with Gasteiger partial charge in [-0.2, -0.15) is 14.8 Å². The molecule has 0 saturated carbocycles. The first-order chi connectivity index (χ1) is 40.7. The number of halogens is 2. The second-order valence-corrected chi connectivity index (χ2v) is 21.9. The van der Waals surface area contributed by atoms with Crippen LogP contribution in [0.25, 0.3) is 22.3 Å². The number of nitriles is 1. The van der Waals surface area contributed by atoms with E-state index in [1.807, 2.05) is 60.7 Å². The number of methoxy groups -OCH3 is 2. The number of hydrogen-bond donors (Lipinski definition) is 3. The van der Waals surface area contributed by atoms with Crippen LogP contribution in [0.5, 0.6) is 11.5 Å². The second-order valence-electron chi connectivity index (χ2n) is 19.2. The number of H-pyrrole nitrogens is 1. The molecule has 2 aliphatic rings. The molecule has 10 rings (SSSR count). The maximum absolute atomic E-state index is 18.1. The van der Waals surface area contributed by atoms with Crippen molar-refractivity contribution in [3.8, 4) is 17.6 Å². The minimum absolute atomic E-state index is 0.0170. The van der Waals surface area contributed by atoms with Crippen LogP contribution in [0.1, 0.15) is 59.8 Å². The Morgan fingerprint density at radius 2 is 1.40 bits per heavy atom. The van der Waals surface area contributed by atoms with Crippen molar-refractivity contribution in [3.63, 3.8) is 0 Å². The van der Waals surface area contributed by atoms with E-state index in [0.717, 1.165) is 6.33 Å². The van der Waals surface area contributed by atoms with Gasteiger partial charge in [0.05, 0.1) is 59.2 Å². The van der Waals surface area contributed by atoms with Gasteiger partial charge in [-0.25, -0.2) is 28.7 Å². The third-order valence-electron chi connectivity index (χ3n) is 13.7. The van der Waals surface area contributed by atoms with E-state index in [1.54, 1.807) is 82.7 Å². The zero-order chi connectivity index (χ0) is 59.1. The molecule has 29 heteroatoms. The topological polar surface area (TPSA) is 289 Å². The van der Waals surface area contributed by atoms with Gasteiger partial charge in [0.1, 0.15) is 41.7 Å². The Kier molecular flexibility index (Phi) is 18.7. The van der Waals surface area contributed by atoms with E-state index >= 15 is 8.78 Å². The number of nitrogens with zero attached hydrogens (tertiary/aromatic N) is 8. The molecule has 2 fully saturated rings. The first-order valence-corrected chi connectivity index (χ1v) is 29.3. The molecule has 2 aliphatic heterocycles. The van der Waals surface area contributed by atoms with Crippen molar-refractivity contribution in [1.82, 2.24) is 39.0 Å². The molecule has 4 aromatic heterocycles. The molecule has 436 valence electrons. The standard InChI is InChI=1S/C55H53F2N11O13P2S/c1-31(2)49(69)65-54-64-48-43(51(71)66-54)62-30-68(48)53-45(40(56)38(78-53)26-75-55(33-14-9-6-10-15-33,34-16-20-36(73-3)21-17-34)35-18-22-37(74-4)23-19-35)81-83(76-25-11-24-58)77-27-39-44(80-82(72)84)41(57)52(79-39)67-29-61-42-46(59-28-60-47(42)67)63-50(70)32-12-7-5-8-13-32/h5-10,12-23,28-31,38-41,44-45,52-53H,11,25-27H2,1-4H3,(H,59,60,63,70)(H2,64,65,66,69,71)/t38-,39-,40-,41+,44-,45-,52-,53-,83?/m1/s1. The highest BCUT2D eigenvalue weighted by Gasteiger charge is 2.53. The van der Waals surface area contributed by atoms with Gasteiger partial charge in [-0.15, -0.1) is 0 Å². The summed E-state index contributed by atoms with van der Waals surface area (Å²) in [6.07, 6.45) is -10.3. The Morgan fingerprint density at radius 3 is 2.04 bits per heavy atom. The van der Waals surface area contributed by atoms with Gasteiger partial charge in [0.15, 0.2) is 59.0 Å². The van der Waals surface area contributed by atoms with Crippen LogP contribution >= 0.6 is 15.8 Å². The first-order valence-electron chi connectivity index (χ1n) is 26.0. The maximum Gasteiger partial charge on any atom is 0.372 e. The van der Waals surface area contributed by atoms with Gasteiger partial charge in [-0.3, -0.25) is 33.8 Å². The van der Waals surface area contributed by atoms with Crippen molar-refractivity contribution in [2.75, 3.05) is 44.7 Å². The average molecular weight is 1210 g/mol. The quantitative estimate of drug-likeness (QED) is 0.0221. The van der Waals surface area contributed by atoms with E-state index in [4.69, 9.17) is 54.0 Å². The third kappa shape index (κ3) is 12.5. The first kappa shape index (κ1) is 59.4. The zero-order valence-corrected chi connectivity index (χ0v) is 47.7. The number of carbonyl (C=O) groups is 2. The number of aromatic amines is 1. The molecule has 4 aromatic carbocycles. The van der Waals surface area contributed by atoms with Crippen molar-refractivity contribution in [2.24, 2.45) is 5.92 Å². The van der Waals surface area contributed by atoms with Crippen LogP contribution in [0, 0.1) is 17.2 Å². The predicted molar refractivity (Wildman–Crippen MR) is 301 cm³/mol. The van der Waals surface area contributed by atoms with Gasteiger partial charge in [0, 0.05) is 11.5 Å². The number of amides is 2. The number of hydrogen-bond acceptors (Lipinski definition) is 20. The van der Waals surface area contributed by atoms with Crippen LogP contribution in [-0.4, -0.2) is 122 Å². The molecular formula is C55H53F2N11O13P2S. The Morgan fingerprint density at radius 1 is 0.786 bits per heavy atom. The summed E-state index contributed by atoms with van der Waals surface area (Å²) in [5, 5.41) is 14.9. The fourth-order valence-electron chi connectivity index (χ4n) is 9.55. The van der Waals surface area contributed by atoms with Crippen molar-refractivity contribution >= 4 is 74.0 Å². The highest BCUT2D eigenvalue weighted by molar-refractivity contribution is 8.25. The lowest BCUT2D eigenvalue weighted by Gasteiger charge is -2.37. The molecule has 0 aliphatic carbocycles. The van der Waals surface area contributed by atoms with E-state index in [9.17, 15) is 24.2 Å². The molecule has 0 spiro atoms. The van der Waals surface area contributed by atoms with E-state index in [2.05, 4.69) is 40.5 Å². The van der Waals surface area contributed by atoms with Crippen molar-refractivity contribution in [2.45, 2.75) is 75.1 Å². The van der Waals surface area contributed by atoms with Crippen molar-refractivity contribution < 1.29 is 64.7 Å². The van der Waals surface area contributed by atoms with Crippen LogP contribution in [0.15, 0.2) is 133 Å². The minimum atomic E-state index is -2.87. The van der Waals surface area contributed by atoms with Crippen LogP contribution < -0.4 is 25.7 Å².